The number of hydrogen-bond acceptors (Lipinski definition) is 5. The fraction of sp³-hybridized carbons (Fsp3) is 0.143. The summed E-state index contributed by atoms with van der Waals surface area (Å²) < 4.78 is 25.0. The molecular formula is C14H13ClN2O4S. The Hall–Kier alpha value is -2.12. The molecule has 0 aromatic heterocycles. The summed E-state index contributed by atoms with van der Waals surface area (Å²) in [7, 11) is -3.83. The maximum Gasteiger partial charge on any atom is 0.293 e. The molecule has 0 atom stereocenters. The van der Waals surface area contributed by atoms with Gasteiger partial charge in [-0.25, -0.2) is 8.42 Å². The molecule has 0 unspecified atom stereocenters. The lowest BCUT2D eigenvalue weighted by atomic mass is 10.2. The van der Waals surface area contributed by atoms with Crippen LogP contribution in [0.1, 0.15) is 6.92 Å². The Bertz CT molecular complexity index is 804. The maximum absolute atomic E-state index is 12.5. The van der Waals surface area contributed by atoms with Crippen LogP contribution in [-0.2, 0) is 9.84 Å². The van der Waals surface area contributed by atoms with Crippen molar-refractivity contribution >= 4 is 32.8 Å². The monoisotopic (exact) mass is 340 g/mol. The first-order valence-electron chi connectivity index (χ1n) is 6.39. The number of benzene rings is 2. The number of sulfone groups is 1. The molecule has 1 N–H and O–H groups in total. The zero-order valence-corrected chi connectivity index (χ0v) is 13.2. The molecule has 0 aliphatic carbocycles. The van der Waals surface area contributed by atoms with Gasteiger partial charge >= 0.3 is 0 Å². The Labute approximate surface area is 132 Å². The molecule has 0 heterocycles. The zero-order chi connectivity index (χ0) is 16.3. The van der Waals surface area contributed by atoms with Crippen molar-refractivity contribution in [3.63, 3.8) is 0 Å². The van der Waals surface area contributed by atoms with E-state index in [-0.39, 0.29) is 21.2 Å². The van der Waals surface area contributed by atoms with E-state index in [1.54, 1.807) is 6.92 Å². The fourth-order valence-corrected chi connectivity index (χ4v) is 3.33. The molecule has 0 spiro atoms. The summed E-state index contributed by atoms with van der Waals surface area (Å²) in [5.41, 5.74) is -0.000514. The Morgan fingerprint density at radius 2 is 1.73 bits per heavy atom. The van der Waals surface area contributed by atoms with Crippen molar-refractivity contribution in [1.82, 2.24) is 0 Å². The highest BCUT2D eigenvalue weighted by molar-refractivity contribution is 7.91. The highest BCUT2D eigenvalue weighted by Crippen LogP contribution is 2.30. The third kappa shape index (κ3) is 3.20. The third-order valence-corrected chi connectivity index (χ3v) is 4.99. The van der Waals surface area contributed by atoms with Crippen LogP contribution in [0.3, 0.4) is 0 Å². The Morgan fingerprint density at radius 3 is 2.27 bits per heavy atom. The lowest BCUT2D eigenvalue weighted by Crippen LogP contribution is -2.05. The molecule has 0 bridgehead atoms. The quantitative estimate of drug-likeness (QED) is 0.664. The number of rotatable bonds is 5. The summed E-state index contributed by atoms with van der Waals surface area (Å²) >= 11 is 5.74. The molecule has 0 aliphatic rings. The van der Waals surface area contributed by atoms with E-state index in [0.717, 1.165) is 6.07 Å². The van der Waals surface area contributed by atoms with E-state index in [0.29, 0.717) is 11.6 Å². The molecule has 2 aromatic carbocycles. The van der Waals surface area contributed by atoms with Crippen molar-refractivity contribution < 1.29 is 13.3 Å². The van der Waals surface area contributed by atoms with Crippen molar-refractivity contribution in [2.45, 2.75) is 16.7 Å². The number of nitro groups is 1. The molecule has 0 fully saturated rings. The number of hydrogen-bond donors (Lipinski definition) is 1. The first-order chi connectivity index (χ1) is 10.4. The largest absolute Gasteiger partial charge is 0.380 e. The Morgan fingerprint density at radius 1 is 1.14 bits per heavy atom. The van der Waals surface area contributed by atoms with Crippen molar-refractivity contribution in [2.75, 3.05) is 11.9 Å². The number of nitrogens with one attached hydrogen (secondary N) is 1. The van der Waals surface area contributed by atoms with Crippen molar-refractivity contribution in [1.29, 1.82) is 0 Å². The summed E-state index contributed by atoms with van der Waals surface area (Å²) in [5, 5.41) is 14.3. The van der Waals surface area contributed by atoms with Gasteiger partial charge in [0.25, 0.3) is 5.69 Å². The molecule has 0 radical (unpaired) electrons. The van der Waals surface area contributed by atoms with Crippen molar-refractivity contribution in [3.8, 4) is 0 Å². The van der Waals surface area contributed by atoms with Gasteiger partial charge in [-0.2, -0.15) is 0 Å². The van der Waals surface area contributed by atoms with Crippen LogP contribution in [-0.4, -0.2) is 19.9 Å². The van der Waals surface area contributed by atoms with Crippen LogP contribution in [0.5, 0.6) is 0 Å². The van der Waals surface area contributed by atoms with Gasteiger partial charge in [-0.1, -0.05) is 11.6 Å². The SMILES string of the molecule is CCNc1ccc(S(=O)(=O)c2ccc(Cl)cc2)cc1[N+](=O)[O-]. The maximum atomic E-state index is 12.5. The summed E-state index contributed by atoms with van der Waals surface area (Å²) in [4.78, 5) is 10.4. The van der Waals surface area contributed by atoms with E-state index in [1.807, 2.05) is 0 Å². The fourth-order valence-electron chi connectivity index (χ4n) is 1.92. The summed E-state index contributed by atoms with van der Waals surface area (Å²) in [5.74, 6) is 0. The molecular weight excluding hydrogens is 328 g/mol. The van der Waals surface area contributed by atoms with Gasteiger partial charge in [-0.05, 0) is 43.3 Å². The molecule has 8 heteroatoms. The van der Waals surface area contributed by atoms with Crippen LogP contribution in [0.2, 0.25) is 5.02 Å². The molecule has 22 heavy (non-hydrogen) atoms. The van der Waals surface area contributed by atoms with E-state index >= 15 is 0 Å². The van der Waals surface area contributed by atoms with Crippen LogP contribution in [0, 0.1) is 10.1 Å². The standard InChI is InChI=1S/C14H13ClN2O4S/c1-2-16-13-8-7-12(9-14(13)17(18)19)22(20,21)11-5-3-10(15)4-6-11/h3-9,16H,2H2,1H3. The van der Waals surface area contributed by atoms with Crippen LogP contribution < -0.4 is 5.32 Å². The second-order valence-electron chi connectivity index (χ2n) is 4.42. The predicted molar refractivity (Wildman–Crippen MR) is 84.2 cm³/mol. The molecule has 2 aromatic rings. The van der Waals surface area contributed by atoms with Gasteiger partial charge in [0.05, 0.1) is 14.7 Å². The Balaban J connectivity index is 2.54. The van der Waals surface area contributed by atoms with Crippen LogP contribution >= 0.6 is 11.6 Å². The average Bonchev–Trinajstić information content (AvgIpc) is 2.48. The number of nitrogens with zero attached hydrogens (tertiary/aromatic N) is 1. The minimum atomic E-state index is -3.83. The third-order valence-electron chi connectivity index (χ3n) is 2.97. The Kier molecular flexibility index (Phi) is 4.68. The average molecular weight is 341 g/mol. The van der Waals surface area contributed by atoms with E-state index < -0.39 is 14.8 Å². The first-order valence-corrected chi connectivity index (χ1v) is 8.25. The molecule has 0 amide bonds. The van der Waals surface area contributed by atoms with E-state index in [1.165, 1.54) is 36.4 Å². The zero-order valence-electron chi connectivity index (χ0n) is 11.6. The van der Waals surface area contributed by atoms with Crippen molar-refractivity contribution in [2.24, 2.45) is 0 Å². The molecule has 116 valence electrons. The van der Waals surface area contributed by atoms with Crippen LogP contribution in [0.25, 0.3) is 0 Å². The second-order valence-corrected chi connectivity index (χ2v) is 6.81. The summed E-state index contributed by atoms with van der Waals surface area (Å²) in [6.45, 7) is 2.28. The minimum absolute atomic E-state index is 0.0300. The smallest absolute Gasteiger partial charge is 0.293 e. The molecule has 0 aliphatic heterocycles. The highest BCUT2D eigenvalue weighted by atomic mass is 35.5. The van der Waals surface area contributed by atoms with Gasteiger partial charge in [0, 0.05) is 17.6 Å². The molecule has 0 saturated heterocycles. The summed E-state index contributed by atoms with van der Waals surface area (Å²) in [6, 6.07) is 9.43. The lowest BCUT2D eigenvalue weighted by Gasteiger charge is -2.08. The first kappa shape index (κ1) is 16.3. The van der Waals surface area contributed by atoms with E-state index in [9.17, 15) is 18.5 Å². The lowest BCUT2D eigenvalue weighted by molar-refractivity contribution is -0.384. The van der Waals surface area contributed by atoms with Gasteiger partial charge in [-0.3, -0.25) is 10.1 Å². The number of halogens is 1. The highest BCUT2D eigenvalue weighted by Gasteiger charge is 2.22. The van der Waals surface area contributed by atoms with Gasteiger partial charge in [0.1, 0.15) is 5.69 Å². The van der Waals surface area contributed by atoms with E-state index in [4.69, 9.17) is 11.6 Å². The second kappa shape index (κ2) is 6.33. The van der Waals surface area contributed by atoms with Gasteiger partial charge in [0.2, 0.25) is 9.84 Å². The molecule has 0 saturated carbocycles. The molecule has 2 rings (SSSR count). The number of anilines is 1. The minimum Gasteiger partial charge on any atom is -0.380 e. The molecule has 6 nitrogen and oxygen atoms in total. The van der Waals surface area contributed by atoms with Crippen molar-refractivity contribution in [3.05, 3.63) is 57.6 Å². The summed E-state index contributed by atoms with van der Waals surface area (Å²) in [6.07, 6.45) is 0. The number of nitro benzene ring substituents is 1. The van der Waals surface area contributed by atoms with E-state index in [2.05, 4.69) is 5.32 Å². The van der Waals surface area contributed by atoms with Gasteiger partial charge < -0.3 is 5.32 Å². The predicted octanol–water partition coefficient (Wildman–Crippen LogP) is 3.51. The van der Waals surface area contributed by atoms with Crippen LogP contribution in [0.15, 0.2) is 52.3 Å². The normalized spacial score (nSPS) is 11.2. The van der Waals surface area contributed by atoms with Crippen LogP contribution in [0.4, 0.5) is 11.4 Å². The van der Waals surface area contributed by atoms with Gasteiger partial charge in [0.15, 0.2) is 0 Å². The topological polar surface area (TPSA) is 89.3 Å². The van der Waals surface area contributed by atoms with Gasteiger partial charge in [-0.15, -0.1) is 0 Å².